The summed E-state index contributed by atoms with van der Waals surface area (Å²) in [5.74, 6) is 0.0429. The van der Waals surface area contributed by atoms with E-state index in [0.717, 1.165) is 0 Å². The van der Waals surface area contributed by atoms with Crippen LogP contribution < -0.4 is 9.47 Å². The van der Waals surface area contributed by atoms with Gasteiger partial charge in [0.05, 0.1) is 19.3 Å². The van der Waals surface area contributed by atoms with Gasteiger partial charge < -0.3 is 14.2 Å². The number of methoxy groups -OCH3 is 1. The molecular formula is C13H12ClN3O4. The lowest BCUT2D eigenvalue weighted by Gasteiger charge is -2.06. The van der Waals surface area contributed by atoms with Gasteiger partial charge in [0.25, 0.3) is 0 Å². The standard InChI is InChI=1S/C13H12ClN3O4/c1-3-20-10(18)8-4-6-9(7-5-8)21-13-16-11(14)15-12(17-13)19-2/h4-7H,3H2,1-2H3. The van der Waals surface area contributed by atoms with Gasteiger partial charge in [-0.25, -0.2) is 4.79 Å². The molecule has 21 heavy (non-hydrogen) atoms. The number of carbonyl (C=O) groups is 1. The highest BCUT2D eigenvalue weighted by Crippen LogP contribution is 2.21. The van der Waals surface area contributed by atoms with Crippen LogP contribution in [0.15, 0.2) is 24.3 Å². The number of benzene rings is 1. The molecule has 1 aromatic carbocycles. The molecular weight excluding hydrogens is 298 g/mol. The Balaban J connectivity index is 2.13. The monoisotopic (exact) mass is 309 g/mol. The summed E-state index contributed by atoms with van der Waals surface area (Å²) in [5.41, 5.74) is 0.426. The third kappa shape index (κ3) is 4.03. The summed E-state index contributed by atoms with van der Waals surface area (Å²) in [7, 11) is 1.41. The highest BCUT2D eigenvalue weighted by atomic mass is 35.5. The highest BCUT2D eigenvalue weighted by Gasteiger charge is 2.09. The van der Waals surface area contributed by atoms with Gasteiger partial charge >= 0.3 is 18.0 Å². The lowest BCUT2D eigenvalue weighted by molar-refractivity contribution is 0.0526. The first kappa shape index (κ1) is 15.0. The van der Waals surface area contributed by atoms with Crippen LogP contribution in [-0.4, -0.2) is 34.6 Å². The topological polar surface area (TPSA) is 83.4 Å². The summed E-state index contributed by atoms with van der Waals surface area (Å²) in [6.07, 6.45) is 0. The van der Waals surface area contributed by atoms with Crippen LogP contribution in [0.4, 0.5) is 0 Å². The van der Waals surface area contributed by atoms with E-state index in [4.69, 9.17) is 25.8 Å². The van der Waals surface area contributed by atoms with E-state index in [1.54, 1.807) is 31.2 Å². The molecule has 2 rings (SSSR count). The van der Waals surface area contributed by atoms with Crippen molar-refractivity contribution in [1.82, 2.24) is 15.0 Å². The minimum Gasteiger partial charge on any atom is -0.467 e. The Hall–Kier alpha value is -2.41. The second kappa shape index (κ2) is 6.85. The number of carbonyl (C=O) groups excluding carboxylic acids is 1. The zero-order chi connectivity index (χ0) is 15.2. The van der Waals surface area contributed by atoms with Crippen molar-refractivity contribution in [3.8, 4) is 17.8 Å². The van der Waals surface area contributed by atoms with Crippen molar-refractivity contribution in [1.29, 1.82) is 0 Å². The Labute approximate surface area is 125 Å². The number of halogens is 1. The minimum absolute atomic E-state index is 0.00395. The van der Waals surface area contributed by atoms with Crippen LogP contribution in [0.5, 0.6) is 17.8 Å². The Kier molecular flexibility index (Phi) is 4.89. The smallest absolute Gasteiger partial charge is 0.338 e. The second-order valence-electron chi connectivity index (χ2n) is 3.72. The molecule has 8 heteroatoms. The molecule has 0 saturated heterocycles. The van der Waals surface area contributed by atoms with Crippen LogP contribution in [0, 0.1) is 0 Å². The molecule has 0 aliphatic rings. The van der Waals surface area contributed by atoms with Crippen LogP contribution >= 0.6 is 11.6 Å². The number of ether oxygens (including phenoxy) is 3. The molecule has 0 aliphatic heterocycles. The lowest BCUT2D eigenvalue weighted by Crippen LogP contribution is -2.04. The summed E-state index contributed by atoms with van der Waals surface area (Å²) < 4.78 is 15.2. The molecule has 0 saturated carbocycles. The molecule has 110 valence electrons. The van der Waals surface area contributed by atoms with Gasteiger partial charge in [0.2, 0.25) is 5.28 Å². The van der Waals surface area contributed by atoms with Gasteiger partial charge in [-0.15, -0.1) is 4.98 Å². The van der Waals surface area contributed by atoms with E-state index in [1.807, 2.05) is 0 Å². The first-order chi connectivity index (χ1) is 10.1. The van der Waals surface area contributed by atoms with Crippen LogP contribution in [0.3, 0.4) is 0 Å². The normalized spacial score (nSPS) is 10.0. The first-order valence-corrected chi connectivity index (χ1v) is 6.40. The van der Waals surface area contributed by atoms with Crippen LogP contribution in [-0.2, 0) is 4.74 Å². The zero-order valence-electron chi connectivity index (χ0n) is 11.4. The largest absolute Gasteiger partial charge is 0.467 e. The van der Waals surface area contributed by atoms with Crippen molar-refractivity contribution in [3.05, 3.63) is 35.1 Å². The van der Waals surface area contributed by atoms with Gasteiger partial charge in [-0.05, 0) is 42.8 Å². The van der Waals surface area contributed by atoms with Gasteiger partial charge in [0.15, 0.2) is 0 Å². The maximum atomic E-state index is 11.5. The molecule has 0 atom stereocenters. The second-order valence-corrected chi connectivity index (χ2v) is 4.06. The van der Waals surface area contributed by atoms with E-state index < -0.39 is 5.97 Å². The van der Waals surface area contributed by atoms with Gasteiger partial charge in [-0.1, -0.05) is 0 Å². The van der Waals surface area contributed by atoms with Crippen molar-refractivity contribution in [3.63, 3.8) is 0 Å². The zero-order valence-corrected chi connectivity index (χ0v) is 12.1. The van der Waals surface area contributed by atoms with Crippen LogP contribution in [0.25, 0.3) is 0 Å². The molecule has 0 aliphatic carbocycles. The Morgan fingerprint density at radius 2 is 1.81 bits per heavy atom. The van der Waals surface area contributed by atoms with E-state index in [1.165, 1.54) is 7.11 Å². The van der Waals surface area contributed by atoms with Crippen molar-refractivity contribution in [2.75, 3.05) is 13.7 Å². The van der Waals surface area contributed by atoms with E-state index in [2.05, 4.69) is 15.0 Å². The van der Waals surface area contributed by atoms with Gasteiger partial charge in [0, 0.05) is 0 Å². The fourth-order valence-electron chi connectivity index (χ4n) is 1.43. The van der Waals surface area contributed by atoms with Crippen LogP contribution in [0.2, 0.25) is 5.28 Å². The maximum absolute atomic E-state index is 11.5. The molecule has 7 nitrogen and oxygen atoms in total. The third-order valence-corrected chi connectivity index (χ3v) is 2.49. The fourth-order valence-corrected chi connectivity index (χ4v) is 1.58. The van der Waals surface area contributed by atoms with E-state index in [0.29, 0.717) is 17.9 Å². The van der Waals surface area contributed by atoms with Crippen molar-refractivity contribution in [2.45, 2.75) is 6.92 Å². The number of hydrogen-bond acceptors (Lipinski definition) is 7. The van der Waals surface area contributed by atoms with Crippen molar-refractivity contribution in [2.24, 2.45) is 0 Å². The average molecular weight is 310 g/mol. The molecule has 0 unspecified atom stereocenters. The summed E-state index contributed by atoms with van der Waals surface area (Å²) in [6, 6.07) is 6.39. The average Bonchev–Trinajstić information content (AvgIpc) is 2.47. The highest BCUT2D eigenvalue weighted by molar-refractivity contribution is 6.28. The number of esters is 1. The number of aromatic nitrogens is 3. The van der Waals surface area contributed by atoms with Crippen molar-refractivity contribution < 1.29 is 19.0 Å². The third-order valence-electron chi connectivity index (χ3n) is 2.32. The summed E-state index contributed by atoms with van der Waals surface area (Å²) in [4.78, 5) is 22.9. The number of nitrogens with zero attached hydrogens (tertiary/aromatic N) is 3. The maximum Gasteiger partial charge on any atom is 0.338 e. The lowest BCUT2D eigenvalue weighted by atomic mass is 10.2. The van der Waals surface area contributed by atoms with Gasteiger partial charge in [0.1, 0.15) is 5.75 Å². The molecule has 2 aromatic rings. The predicted molar refractivity (Wildman–Crippen MR) is 73.9 cm³/mol. The van der Waals surface area contributed by atoms with E-state index in [9.17, 15) is 4.79 Å². The van der Waals surface area contributed by atoms with Gasteiger partial charge in [-0.3, -0.25) is 0 Å². The van der Waals surface area contributed by atoms with Gasteiger partial charge in [-0.2, -0.15) is 9.97 Å². The Morgan fingerprint density at radius 1 is 1.14 bits per heavy atom. The first-order valence-electron chi connectivity index (χ1n) is 6.03. The molecule has 1 aromatic heterocycles. The fraction of sp³-hybridized carbons (Fsp3) is 0.231. The molecule has 1 heterocycles. The number of hydrogen-bond donors (Lipinski definition) is 0. The predicted octanol–water partition coefficient (Wildman–Crippen LogP) is 2.50. The summed E-state index contributed by atoms with van der Waals surface area (Å²) >= 11 is 5.71. The quantitative estimate of drug-likeness (QED) is 0.784. The molecule has 0 spiro atoms. The molecule has 0 N–H and O–H groups in total. The minimum atomic E-state index is -0.395. The summed E-state index contributed by atoms with van der Waals surface area (Å²) in [6.45, 7) is 2.06. The van der Waals surface area contributed by atoms with E-state index >= 15 is 0 Å². The Bertz CT molecular complexity index is 634. The number of rotatable bonds is 5. The molecule has 0 bridgehead atoms. The molecule has 0 radical (unpaired) electrons. The van der Waals surface area contributed by atoms with Crippen molar-refractivity contribution >= 4 is 17.6 Å². The molecule has 0 fully saturated rings. The van der Waals surface area contributed by atoms with E-state index in [-0.39, 0.29) is 17.3 Å². The SMILES string of the molecule is CCOC(=O)c1ccc(Oc2nc(Cl)nc(OC)n2)cc1. The molecule has 0 amide bonds. The van der Waals surface area contributed by atoms with Crippen LogP contribution in [0.1, 0.15) is 17.3 Å². The summed E-state index contributed by atoms with van der Waals surface area (Å²) in [5, 5.41) is -0.0417. The Morgan fingerprint density at radius 3 is 2.43 bits per heavy atom.